The van der Waals surface area contributed by atoms with Crippen molar-refractivity contribution in [1.82, 2.24) is 15.3 Å². The predicted octanol–water partition coefficient (Wildman–Crippen LogP) is 1.80. The second-order valence-electron chi connectivity index (χ2n) is 7.48. The molecule has 2 aliphatic rings. The van der Waals surface area contributed by atoms with E-state index in [2.05, 4.69) is 31.6 Å². The number of carbonyl (C=O) groups is 1. The van der Waals surface area contributed by atoms with E-state index in [4.69, 9.17) is 27.6 Å². The van der Waals surface area contributed by atoms with Gasteiger partial charge in [-0.25, -0.2) is 0 Å². The van der Waals surface area contributed by atoms with Crippen LogP contribution in [0.1, 0.15) is 33.9 Å². The van der Waals surface area contributed by atoms with E-state index in [0.717, 1.165) is 4.57 Å². The maximum absolute atomic E-state index is 13.0. The summed E-state index contributed by atoms with van der Waals surface area (Å²) in [5, 5.41) is 14.7. The number of thiazole rings is 1. The van der Waals surface area contributed by atoms with Crippen LogP contribution in [-0.2, 0) is 4.74 Å². The number of nitrogens with one attached hydrogen (secondary N) is 4. The molecule has 4 rings (SSSR count). The number of nitroso groups, excluding NO2 is 2. The maximum Gasteiger partial charge on any atom is 0.311 e. The molecule has 3 unspecified atom stereocenters. The Kier molecular flexibility index (Phi) is 6.20. The third-order valence-corrected chi connectivity index (χ3v) is 6.79. The highest BCUT2D eigenvalue weighted by atomic mass is 35.5. The summed E-state index contributed by atoms with van der Waals surface area (Å²) in [5.41, 5.74) is 14.7. The number of halogens is 1. The van der Waals surface area contributed by atoms with Gasteiger partial charge in [-0.3, -0.25) is 19.6 Å². The first kappa shape index (κ1) is 22.9. The summed E-state index contributed by atoms with van der Waals surface area (Å²) in [4.78, 5) is 47.9. The van der Waals surface area contributed by atoms with E-state index in [9.17, 15) is 19.4 Å². The highest BCUT2D eigenvalue weighted by molar-refractivity contribution is 7.12. The fourth-order valence-electron chi connectivity index (χ4n) is 4.12. The van der Waals surface area contributed by atoms with E-state index in [1.165, 1.54) is 0 Å². The molecule has 2 aliphatic heterocycles. The number of rotatable bonds is 8. The van der Waals surface area contributed by atoms with Gasteiger partial charge in [0, 0.05) is 17.0 Å². The van der Waals surface area contributed by atoms with Crippen molar-refractivity contribution in [2.45, 2.75) is 36.6 Å². The summed E-state index contributed by atoms with van der Waals surface area (Å²) in [6.07, 6.45) is -3.16. The smallest absolute Gasteiger partial charge is 0.311 e. The topological polar surface area (TPSA) is 205 Å². The van der Waals surface area contributed by atoms with Crippen LogP contribution in [0.4, 0.5) is 5.82 Å². The van der Waals surface area contributed by atoms with Gasteiger partial charge in [0.1, 0.15) is 23.3 Å². The fraction of sp³-hybridized carbons (Fsp3) is 0.412. The van der Waals surface area contributed by atoms with Crippen LogP contribution in [0.15, 0.2) is 44.6 Å². The van der Waals surface area contributed by atoms with E-state index >= 15 is 0 Å². The van der Waals surface area contributed by atoms with E-state index in [1.54, 1.807) is 24.3 Å². The van der Waals surface area contributed by atoms with Gasteiger partial charge < -0.3 is 21.1 Å². The molecule has 0 bridgehead atoms. The number of ether oxygens (including phenoxy) is 1. The van der Waals surface area contributed by atoms with Crippen LogP contribution in [-0.4, -0.2) is 35.0 Å². The molecule has 0 spiro atoms. The summed E-state index contributed by atoms with van der Waals surface area (Å²) in [7, 11) is 0. The fourth-order valence-corrected chi connectivity index (χ4v) is 5.22. The van der Waals surface area contributed by atoms with Crippen molar-refractivity contribution in [3.05, 3.63) is 59.2 Å². The normalized spacial score (nSPS) is 27.1. The van der Waals surface area contributed by atoms with Crippen molar-refractivity contribution in [3.8, 4) is 0 Å². The minimum absolute atomic E-state index is 0.0410. The van der Waals surface area contributed by atoms with Gasteiger partial charge in [0.05, 0.1) is 11.6 Å². The number of anilines is 1. The first-order valence-electron chi connectivity index (χ1n) is 9.59. The van der Waals surface area contributed by atoms with Crippen molar-refractivity contribution in [1.29, 1.82) is 5.53 Å². The third-order valence-electron chi connectivity index (χ3n) is 5.49. The molecule has 1 fully saturated rings. The predicted molar refractivity (Wildman–Crippen MR) is 118 cm³/mol. The molecule has 1 saturated heterocycles. The Morgan fingerprint density at radius 1 is 1.36 bits per heavy atom. The molecule has 3 heterocycles. The highest BCUT2D eigenvalue weighted by Crippen LogP contribution is 2.48. The molecule has 33 heavy (non-hydrogen) atoms. The molecule has 0 radical (unpaired) electrons. The van der Waals surface area contributed by atoms with Crippen molar-refractivity contribution < 1.29 is 9.53 Å². The highest BCUT2D eigenvalue weighted by Gasteiger charge is 2.55. The Balaban J connectivity index is 1.85. The monoisotopic (exact) mass is 495 g/mol. The second kappa shape index (κ2) is 8.93. The van der Waals surface area contributed by atoms with Crippen molar-refractivity contribution in [3.63, 3.8) is 0 Å². The van der Waals surface area contributed by atoms with Gasteiger partial charge in [-0.2, -0.15) is 15.3 Å². The Morgan fingerprint density at radius 2 is 2.12 bits per heavy atom. The lowest BCUT2D eigenvalue weighted by Gasteiger charge is -2.35. The van der Waals surface area contributed by atoms with Crippen LogP contribution in [0.25, 0.3) is 0 Å². The molecule has 6 N–H and O–H groups in total. The van der Waals surface area contributed by atoms with Crippen molar-refractivity contribution in [2.24, 2.45) is 21.3 Å². The first-order valence-corrected chi connectivity index (χ1v) is 10.8. The number of aromatic nitrogens is 1. The molecule has 16 heteroatoms. The number of carbonyl (C=O) groups excluding carboxylic acids is 1. The molecule has 1 aromatic heterocycles. The Labute approximate surface area is 194 Å². The SMILES string of the molecule is N=NNC1NC(=O)c2sc(=O)n([C@@H]3OC(CN=O)C[C@@]3(N)C(N=O)c3ccccc3Cl)c2N1. The van der Waals surface area contributed by atoms with E-state index in [1.807, 2.05) is 0 Å². The zero-order valence-electron chi connectivity index (χ0n) is 16.7. The second-order valence-corrected chi connectivity index (χ2v) is 8.84. The number of nitrogens with two attached hydrogens (primary N) is 1. The van der Waals surface area contributed by atoms with Crippen LogP contribution < -0.4 is 26.7 Å². The Hall–Kier alpha value is -3.27. The molecule has 0 saturated carbocycles. The number of nitrogens with zero attached hydrogens (tertiary/aromatic N) is 4. The van der Waals surface area contributed by atoms with Crippen molar-refractivity contribution in [2.75, 3.05) is 11.9 Å². The number of amides is 1. The third kappa shape index (κ3) is 3.88. The lowest BCUT2D eigenvalue weighted by atomic mass is 9.82. The summed E-state index contributed by atoms with van der Waals surface area (Å²) in [6, 6.07) is 5.22. The largest absolute Gasteiger partial charge is 0.350 e. The number of fused-ring (bicyclic) bond motifs is 1. The van der Waals surface area contributed by atoms with E-state index < -0.39 is 41.0 Å². The molecule has 174 valence electrons. The molecule has 2 aromatic rings. The van der Waals surface area contributed by atoms with E-state index in [0.29, 0.717) is 16.9 Å². The van der Waals surface area contributed by atoms with E-state index in [-0.39, 0.29) is 28.7 Å². The van der Waals surface area contributed by atoms with Gasteiger partial charge in [0.25, 0.3) is 5.91 Å². The summed E-state index contributed by atoms with van der Waals surface area (Å²) >= 11 is 6.93. The van der Waals surface area contributed by atoms with Gasteiger partial charge in [-0.1, -0.05) is 56.7 Å². The minimum Gasteiger partial charge on any atom is -0.350 e. The van der Waals surface area contributed by atoms with Crippen LogP contribution in [0.2, 0.25) is 5.02 Å². The van der Waals surface area contributed by atoms with Gasteiger partial charge >= 0.3 is 4.87 Å². The summed E-state index contributed by atoms with van der Waals surface area (Å²) in [6.45, 7) is -0.277. The van der Waals surface area contributed by atoms with Gasteiger partial charge in [0.2, 0.25) is 0 Å². The van der Waals surface area contributed by atoms with Gasteiger partial charge in [-0.15, -0.1) is 0 Å². The summed E-state index contributed by atoms with van der Waals surface area (Å²) in [5.74, 6) is -0.535. The van der Waals surface area contributed by atoms with Crippen LogP contribution >= 0.6 is 22.9 Å². The standard InChI is InChI=1S/C17H18ClN9O5S/c18-9-4-2-1-3-8(9)11(25-31)17(19)5-7(6-21-30)32-14(17)27-12-10(33-16(27)29)13(28)23-15(22-12)24-26-20/h1-4,7,11,14-15,22H,5-6,19H2,(H2,20,24)(H,23,28)/t7?,11?,14-,15?,17-/m1/s1. The zero-order chi connectivity index (χ0) is 23.8. The molecular formula is C17H18ClN9O5S. The van der Waals surface area contributed by atoms with Crippen LogP contribution in [0.5, 0.6) is 0 Å². The molecular weight excluding hydrogens is 478 g/mol. The van der Waals surface area contributed by atoms with Crippen LogP contribution in [0.3, 0.4) is 0 Å². The summed E-state index contributed by atoms with van der Waals surface area (Å²) < 4.78 is 7.05. The minimum atomic E-state index is -1.63. The van der Waals surface area contributed by atoms with Crippen LogP contribution in [0, 0.1) is 15.3 Å². The number of hydrogen-bond acceptors (Lipinski definition) is 12. The number of benzene rings is 1. The zero-order valence-corrected chi connectivity index (χ0v) is 18.3. The van der Waals surface area contributed by atoms with Gasteiger partial charge in [-0.05, 0) is 6.07 Å². The molecule has 1 amide bonds. The Bertz CT molecular complexity index is 1170. The maximum atomic E-state index is 13.0. The molecule has 5 atom stereocenters. The number of hydrogen-bond donors (Lipinski definition) is 5. The van der Waals surface area contributed by atoms with Crippen molar-refractivity contribution >= 4 is 34.7 Å². The molecule has 1 aromatic carbocycles. The average molecular weight is 496 g/mol. The lowest BCUT2D eigenvalue weighted by molar-refractivity contribution is -0.0200. The molecule has 0 aliphatic carbocycles. The Morgan fingerprint density at radius 3 is 2.79 bits per heavy atom. The quantitative estimate of drug-likeness (QED) is 0.207. The molecule has 14 nitrogen and oxygen atoms in total. The average Bonchev–Trinajstić information content (AvgIpc) is 3.27. The first-order chi connectivity index (χ1) is 15.8. The van der Waals surface area contributed by atoms with Gasteiger partial charge in [0.15, 0.2) is 12.5 Å². The lowest BCUT2D eigenvalue weighted by Crippen LogP contribution is -2.54.